The Hall–Kier alpha value is -1.99. The van der Waals surface area contributed by atoms with E-state index in [4.69, 9.17) is 11.6 Å². The number of thiazole rings is 1. The Morgan fingerprint density at radius 2 is 2.24 bits per heavy atom. The Kier molecular flexibility index (Phi) is 3.60. The van der Waals surface area contributed by atoms with Crippen molar-refractivity contribution in [1.29, 1.82) is 0 Å². The fourth-order valence-electron chi connectivity index (χ4n) is 1.92. The van der Waals surface area contributed by atoms with Gasteiger partial charge in [0.25, 0.3) is 0 Å². The zero-order chi connectivity index (χ0) is 15.0. The average molecular weight is 326 g/mol. The van der Waals surface area contributed by atoms with Crippen LogP contribution in [0.5, 0.6) is 0 Å². The van der Waals surface area contributed by atoms with Crippen molar-refractivity contribution in [2.45, 2.75) is 6.54 Å². The van der Waals surface area contributed by atoms with Crippen molar-refractivity contribution in [3.8, 4) is 11.3 Å². The molecule has 3 amide bonds. The maximum absolute atomic E-state index is 13.1. The zero-order valence-electron chi connectivity index (χ0n) is 10.6. The van der Waals surface area contributed by atoms with Gasteiger partial charge in [0.1, 0.15) is 10.8 Å². The van der Waals surface area contributed by atoms with Crippen molar-refractivity contribution < 1.29 is 14.0 Å². The van der Waals surface area contributed by atoms with Crippen LogP contribution in [-0.4, -0.2) is 28.4 Å². The first-order valence-corrected chi connectivity index (χ1v) is 7.28. The number of rotatable bonds is 3. The Morgan fingerprint density at radius 3 is 2.90 bits per heavy atom. The normalized spacial score (nSPS) is 14.7. The summed E-state index contributed by atoms with van der Waals surface area (Å²) in [5, 5.41) is 4.87. The summed E-state index contributed by atoms with van der Waals surface area (Å²) in [6.07, 6.45) is 0. The largest absolute Gasteiger partial charge is 0.329 e. The molecule has 0 bridgehead atoms. The van der Waals surface area contributed by atoms with E-state index in [2.05, 4.69) is 10.3 Å². The molecule has 0 radical (unpaired) electrons. The Labute approximate surface area is 128 Å². The highest BCUT2D eigenvalue weighted by Crippen LogP contribution is 2.26. The molecule has 108 valence electrons. The van der Waals surface area contributed by atoms with Gasteiger partial charge in [0, 0.05) is 10.9 Å². The minimum atomic E-state index is -0.491. The molecular formula is C13H9ClFN3O2S. The summed E-state index contributed by atoms with van der Waals surface area (Å²) < 4.78 is 13.1. The summed E-state index contributed by atoms with van der Waals surface area (Å²) in [6.45, 7) is 0.148. The molecule has 2 aromatic rings. The molecule has 1 N–H and O–H groups in total. The van der Waals surface area contributed by atoms with Gasteiger partial charge in [0.2, 0.25) is 5.91 Å². The van der Waals surface area contributed by atoms with Crippen molar-refractivity contribution in [2.24, 2.45) is 0 Å². The van der Waals surface area contributed by atoms with Crippen molar-refractivity contribution in [2.75, 3.05) is 6.54 Å². The van der Waals surface area contributed by atoms with Gasteiger partial charge in [-0.15, -0.1) is 11.3 Å². The number of urea groups is 1. The standard InChI is InChI=1S/C13H9ClFN3O2S/c14-8-3-7(1-2-9(8)15)10-6-21-11(17-10)5-18-12(19)4-16-13(18)20/h1-3,6H,4-5H2,(H,16,20). The number of benzene rings is 1. The van der Waals surface area contributed by atoms with Crippen LogP contribution in [0.15, 0.2) is 23.6 Å². The van der Waals surface area contributed by atoms with Gasteiger partial charge in [-0.25, -0.2) is 14.2 Å². The Morgan fingerprint density at radius 1 is 1.43 bits per heavy atom. The maximum atomic E-state index is 13.1. The lowest BCUT2D eigenvalue weighted by atomic mass is 10.2. The molecule has 1 aromatic heterocycles. The van der Waals surface area contributed by atoms with Crippen LogP contribution in [0.1, 0.15) is 5.01 Å². The molecule has 1 saturated heterocycles. The molecule has 8 heteroatoms. The number of hydrogen-bond acceptors (Lipinski definition) is 4. The predicted octanol–water partition coefficient (Wildman–Crippen LogP) is 2.65. The number of aromatic nitrogens is 1. The van der Waals surface area contributed by atoms with E-state index in [0.717, 1.165) is 4.90 Å². The minimum absolute atomic E-state index is 0.0185. The third-order valence-electron chi connectivity index (χ3n) is 3.00. The Bertz CT molecular complexity index is 718. The average Bonchev–Trinajstić information content (AvgIpc) is 3.04. The fraction of sp³-hybridized carbons (Fsp3) is 0.154. The molecule has 1 fully saturated rings. The van der Waals surface area contributed by atoms with Gasteiger partial charge in [-0.3, -0.25) is 9.69 Å². The molecule has 1 aromatic carbocycles. The fourth-order valence-corrected chi connectivity index (χ4v) is 2.89. The molecule has 3 rings (SSSR count). The summed E-state index contributed by atoms with van der Waals surface area (Å²) in [4.78, 5) is 28.4. The van der Waals surface area contributed by atoms with Crippen molar-refractivity contribution in [3.63, 3.8) is 0 Å². The summed E-state index contributed by atoms with van der Waals surface area (Å²) in [7, 11) is 0. The molecule has 5 nitrogen and oxygen atoms in total. The van der Waals surface area contributed by atoms with Crippen LogP contribution in [0.4, 0.5) is 9.18 Å². The third-order valence-corrected chi connectivity index (χ3v) is 4.12. The Balaban J connectivity index is 1.81. The lowest BCUT2D eigenvalue weighted by Crippen LogP contribution is -2.30. The predicted molar refractivity (Wildman–Crippen MR) is 76.5 cm³/mol. The summed E-state index contributed by atoms with van der Waals surface area (Å²) >= 11 is 7.06. The van der Waals surface area contributed by atoms with E-state index in [-0.39, 0.29) is 24.0 Å². The molecule has 2 heterocycles. The van der Waals surface area contributed by atoms with Crippen LogP contribution in [0.3, 0.4) is 0 Å². The van der Waals surface area contributed by atoms with E-state index in [0.29, 0.717) is 16.3 Å². The molecular weight excluding hydrogens is 317 g/mol. The summed E-state index contributed by atoms with van der Waals surface area (Å²) in [5.41, 5.74) is 1.31. The quantitative estimate of drug-likeness (QED) is 0.882. The third kappa shape index (κ3) is 2.74. The molecule has 21 heavy (non-hydrogen) atoms. The molecule has 0 aliphatic carbocycles. The van der Waals surface area contributed by atoms with Gasteiger partial charge in [-0.1, -0.05) is 11.6 Å². The number of carbonyl (C=O) groups excluding carboxylic acids is 2. The highest BCUT2D eigenvalue weighted by Gasteiger charge is 2.29. The van der Waals surface area contributed by atoms with Gasteiger partial charge < -0.3 is 5.32 Å². The van der Waals surface area contributed by atoms with Gasteiger partial charge in [-0.05, 0) is 18.2 Å². The van der Waals surface area contributed by atoms with E-state index in [9.17, 15) is 14.0 Å². The van der Waals surface area contributed by atoms with Crippen molar-refractivity contribution in [3.05, 3.63) is 39.4 Å². The number of imide groups is 1. The SMILES string of the molecule is O=C1CNC(=O)N1Cc1nc(-c2ccc(F)c(Cl)c2)cs1. The van der Waals surface area contributed by atoms with E-state index < -0.39 is 11.8 Å². The van der Waals surface area contributed by atoms with Gasteiger partial charge >= 0.3 is 6.03 Å². The zero-order valence-corrected chi connectivity index (χ0v) is 12.2. The van der Waals surface area contributed by atoms with Crippen LogP contribution >= 0.6 is 22.9 Å². The van der Waals surface area contributed by atoms with Crippen LogP contribution < -0.4 is 5.32 Å². The first-order valence-electron chi connectivity index (χ1n) is 6.02. The van der Waals surface area contributed by atoms with Gasteiger partial charge in [0.15, 0.2) is 0 Å². The first kappa shape index (κ1) is 14.0. The smallest absolute Gasteiger partial charge is 0.324 e. The topological polar surface area (TPSA) is 62.3 Å². The van der Waals surface area contributed by atoms with Gasteiger partial charge in [-0.2, -0.15) is 0 Å². The van der Waals surface area contributed by atoms with E-state index >= 15 is 0 Å². The first-order chi connectivity index (χ1) is 10.0. The number of hydrogen-bond donors (Lipinski definition) is 1. The lowest BCUT2D eigenvalue weighted by Gasteiger charge is -2.09. The molecule has 0 unspecified atom stereocenters. The van der Waals surface area contributed by atoms with Gasteiger partial charge in [0.05, 0.1) is 23.8 Å². The highest BCUT2D eigenvalue weighted by molar-refractivity contribution is 7.09. The van der Waals surface area contributed by atoms with Crippen LogP contribution in [0.25, 0.3) is 11.3 Å². The van der Waals surface area contributed by atoms with E-state index in [1.165, 1.54) is 23.5 Å². The molecule has 1 aliphatic heterocycles. The number of amides is 3. The second kappa shape index (κ2) is 5.42. The van der Waals surface area contributed by atoms with Crippen molar-refractivity contribution in [1.82, 2.24) is 15.2 Å². The molecule has 0 spiro atoms. The number of nitrogens with zero attached hydrogens (tertiary/aromatic N) is 2. The van der Waals surface area contributed by atoms with Crippen LogP contribution in [0.2, 0.25) is 5.02 Å². The van der Waals surface area contributed by atoms with E-state index in [1.54, 1.807) is 11.4 Å². The van der Waals surface area contributed by atoms with Crippen molar-refractivity contribution >= 4 is 34.9 Å². The van der Waals surface area contributed by atoms with Crippen LogP contribution in [0, 0.1) is 5.82 Å². The number of halogens is 2. The second-order valence-electron chi connectivity index (χ2n) is 4.39. The molecule has 1 aliphatic rings. The van der Waals surface area contributed by atoms with E-state index in [1.807, 2.05) is 0 Å². The summed E-state index contributed by atoms with van der Waals surface area (Å²) in [5.74, 6) is -0.767. The lowest BCUT2D eigenvalue weighted by molar-refractivity contribution is -0.125. The maximum Gasteiger partial charge on any atom is 0.324 e. The monoisotopic (exact) mass is 325 g/mol. The second-order valence-corrected chi connectivity index (χ2v) is 5.74. The molecule has 0 atom stereocenters. The molecule has 0 saturated carbocycles. The number of carbonyl (C=O) groups is 2. The number of nitrogens with one attached hydrogen (secondary N) is 1. The highest BCUT2D eigenvalue weighted by atomic mass is 35.5. The minimum Gasteiger partial charge on any atom is -0.329 e. The summed E-state index contributed by atoms with van der Waals surface area (Å²) in [6, 6.07) is 3.92. The van der Waals surface area contributed by atoms with Crippen LogP contribution in [-0.2, 0) is 11.3 Å².